The van der Waals surface area contributed by atoms with Crippen LogP contribution in [0.3, 0.4) is 0 Å². The monoisotopic (exact) mass is 465 g/mol. The number of benzene rings is 2. The van der Waals surface area contributed by atoms with Gasteiger partial charge in [0.15, 0.2) is 5.78 Å². The zero-order valence-corrected chi connectivity index (χ0v) is 20.1. The minimum absolute atomic E-state index is 0.139. The number of amides is 2. The van der Waals surface area contributed by atoms with Crippen molar-refractivity contribution in [1.29, 1.82) is 0 Å². The Labute approximate surface area is 201 Å². The lowest BCUT2D eigenvalue weighted by atomic mass is 9.93. The van der Waals surface area contributed by atoms with E-state index in [0.29, 0.717) is 19.4 Å². The fourth-order valence-corrected chi connectivity index (χ4v) is 3.89. The summed E-state index contributed by atoms with van der Waals surface area (Å²) < 4.78 is 5.32. The number of hydrogen-bond acceptors (Lipinski definition) is 5. The zero-order valence-electron chi connectivity index (χ0n) is 20.1. The lowest BCUT2D eigenvalue weighted by Crippen LogP contribution is -2.56. The average Bonchev–Trinajstić information content (AvgIpc) is 3.57. The van der Waals surface area contributed by atoms with Crippen LogP contribution in [0.4, 0.5) is 0 Å². The van der Waals surface area contributed by atoms with Gasteiger partial charge in [-0.05, 0) is 36.8 Å². The highest BCUT2D eigenvalue weighted by Gasteiger charge is 2.50. The fraction of sp³-hybridized carbons (Fsp3) is 0.444. The second-order valence-electron chi connectivity index (χ2n) is 9.62. The Morgan fingerprint density at radius 3 is 1.88 bits per heavy atom. The molecule has 1 aliphatic rings. The van der Waals surface area contributed by atoms with Crippen LogP contribution in [0.15, 0.2) is 60.7 Å². The Kier molecular flexibility index (Phi) is 8.58. The van der Waals surface area contributed by atoms with E-state index in [0.717, 1.165) is 11.1 Å². The third-order valence-corrected chi connectivity index (χ3v) is 5.99. The van der Waals surface area contributed by atoms with Gasteiger partial charge >= 0.3 is 0 Å². The smallest absolute Gasteiger partial charge is 0.243 e. The third kappa shape index (κ3) is 7.23. The molecule has 1 fully saturated rings. The maximum absolute atomic E-state index is 13.3. The van der Waals surface area contributed by atoms with Gasteiger partial charge in [0.2, 0.25) is 11.8 Å². The van der Waals surface area contributed by atoms with Crippen molar-refractivity contribution in [3.8, 4) is 0 Å². The van der Waals surface area contributed by atoms with Crippen molar-refractivity contribution < 1.29 is 19.1 Å². The van der Waals surface area contributed by atoms with Crippen molar-refractivity contribution in [2.45, 2.75) is 63.8 Å². The molecule has 1 aliphatic heterocycles. The molecule has 7 nitrogen and oxygen atoms in total. The molecule has 0 bridgehead atoms. The molecule has 7 heteroatoms. The van der Waals surface area contributed by atoms with Gasteiger partial charge in [0, 0.05) is 6.42 Å². The number of nitrogens with two attached hydrogens (primary N) is 1. The summed E-state index contributed by atoms with van der Waals surface area (Å²) in [5, 5.41) is 5.70. The summed E-state index contributed by atoms with van der Waals surface area (Å²) in [6.07, 6.45) is 1.13. The summed E-state index contributed by atoms with van der Waals surface area (Å²) in [6.45, 7) is 6.08. The molecule has 1 heterocycles. The summed E-state index contributed by atoms with van der Waals surface area (Å²) in [5.41, 5.74) is 7.14. The predicted molar refractivity (Wildman–Crippen MR) is 131 cm³/mol. The van der Waals surface area contributed by atoms with E-state index < -0.39 is 35.5 Å². The molecule has 4 atom stereocenters. The van der Waals surface area contributed by atoms with E-state index in [1.54, 1.807) is 6.92 Å². The van der Waals surface area contributed by atoms with Crippen molar-refractivity contribution in [1.82, 2.24) is 10.6 Å². The zero-order chi connectivity index (χ0) is 24.7. The molecule has 182 valence electrons. The summed E-state index contributed by atoms with van der Waals surface area (Å²) in [5.74, 6) is -0.769. The van der Waals surface area contributed by atoms with Gasteiger partial charge in [0.05, 0.1) is 18.7 Å². The number of carbonyl (C=O) groups is 3. The van der Waals surface area contributed by atoms with Crippen molar-refractivity contribution in [3.63, 3.8) is 0 Å². The SMILES string of the molecule is CC(C)C[C@H](NC(=O)[C@H](Cc1ccccc1)NC(=O)[C@@H](N)Cc1ccccc1)C(=O)[C@@]1(C)CO1. The molecule has 2 aromatic rings. The van der Waals surface area contributed by atoms with E-state index in [9.17, 15) is 14.4 Å². The van der Waals surface area contributed by atoms with Crippen LogP contribution in [0.5, 0.6) is 0 Å². The molecule has 3 rings (SSSR count). The summed E-state index contributed by atoms with van der Waals surface area (Å²) in [7, 11) is 0. The maximum Gasteiger partial charge on any atom is 0.243 e. The minimum atomic E-state index is -0.868. The molecular formula is C27H35N3O4. The molecule has 0 spiro atoms. The highest BCUT2D eigenvalue weighted by Crippen LogP contribution is 2.29. The van der Waals surface area contributed by atoms with Crippen molar-refractivity contribution >= 4 is 17.6 Å². The van der Waals surface area contributed by atoms with Gasteiger partial charge in [-0.2, -0.15) is 0 Å². The first-order valence-corrected chi connectivity index (χ1v) is 11.8. The van der Waals surface area contributed by atoms with Crippen LogP contribution < -0.4 is 16.4 Å². The van der Waals surface area contributed by atoms with Gasteiger partial charge in [-0.1, -0.05) is 74.5 Å². The molecule has 2 amide bonds. The summed E-state index contributed by atoms with van der Waals surface area (Å²) in [6, 6.07) is 16.6. The molecule has 34 heavy (non-hydrogen) atoms. The number of hydrogen-bond donors (Lipinski definition) is 3. The Hall–Kier alpha value is -3.03. The van der Waals surface area contributed by atoms with Crippen LogP contribution in [-0.4, -0.2) is 47.9 Å². The molecular weight excluding hydrogens is 430 g/mol. The van der Waals surface area contributed by atoms with Crippen molar-refractivity contribution in [3.05, 3.63) is 71.8 Å². The van der Waals surface area contributed by atoms with Gasteiger partial charge in [-0.3, -0.25) is 14.4 Å². The lowest BCUT2D eigenvalue weighted by molar-refractivity contribution is -0.133. The first kappa shape index (κ1) is 25.6. The number of ketones is 1. The Morgan fingerprint density at radius 1 is 0.882 bits per heavy atom. The van der Waals surface area contributed by atoms with Crippen LogP contribution in [0.1, 0.15) is 38.3 Å². The van der Waals surface area contributed by atoms with E-state index in [2.05, 4.69) is 10.6 Å². The number of carbonyl (C=O) groups excluding carboxylic acids is 3. The van der Waals surface area contributed by atoms with Gasteiger partial charge in [-0.25, -0.2) is 0 Å². The number of Topliss-reactive ketones (excluding diaryl/α,β-unsaturated/α-hetero) is 1. The predicted octanol–water partition coefficient (Wildman–Crippen LogP) is 2.17. The Bertz CT molecular complexity index is 974. The molecule has 0 unspecified atom stereocenters. The highest BCUT2D eigenvalue weighted by atomic mass is 16.6. The van der Waals surface area contributed by atoms with Gasteiger partial charge in [0.25, 0.3) is 0 Å². The topological polar surface area (TPSA) is 114 Å². The highest BCUT2D eigenvalue weighted by molar-refractivity contribution is 5.98. The van der Waals surface area contributed by atoms with Crippen LogP contribution in [0, 0.1) is 5.92 Å². The first-order valence-electron chi connectivity index (χ1n) is 11.8. The average molecular weight is 466 g/mol. The summed E-state index contributed by atoms with van der Waals surface area (Å²) in [4.78, 5) is 39.2. The molecule has 4 N–H and O–H groups in total. The number of ether oxygens (including phenoxy) is 1. The maximum atomic E-state index is 13.3. The second-order valence-corrected chi connectivity index (χ2v) is 9.62. The molecule has 1 saturated heterocycles. The van der Waals surface area contributed by atoms with Gasteiger partial charge < -0.3 is 21.1 Å². The van der Waals surface area contributed by atoms with E-state index >= 15 is 0 Å². The number of epoxide rings is 1. The lowest BCUT2D eigenvalue weighted by Gasteiger charge is -2.26. The van der Waals surface area contributed by atoms with Crippen LogP contribution in [-0.2, 0) is 32.0 Å². The number of rotatable bonds is 12. The molecule has 2 aromatic carbocycles. The van der Waals surface area contributed by atoms with Crippen LogP contribution in [0.25, 0.3) is 0 Å². The van der Waals surface area contributed by atoms with Crippen molar-refractivity contribution in [2.24, 2.45) is 11.7 Å². The molecule has 0 radical (unpaired) electrons. The normalized spacial score (nSPS) is 19.7. The third-order valence-electron chi connectivity index (χ3n) is 5.99. The summed E-state index contributed by atoms with van der Waals surface area (Å²) >= 11 is 0. The van der Waals surface area contributed by atoms with Crippen LogP contribution >= 0.6 is 0 Å². The van der Waals surface area contributed by atoms with E-state index in [1.807, 2.05) is 74.5 Å². The van der Waals surface area contributed by atoms with Crippen molar-refractivity contribution in [2.75, 3.05) is 6.61 Å². The quantitative estimate of drug-likeness (QED) is 0.416. The van der Waals surface area contributed by atoms with E-state index in [4.69, 9.17) is 10.5 Å². The second kappa shape index (κ2) is 11.4. The molecule has 0 aliphatic carbocycles. The largest absolute Gasteiger partial charge is 0.361 e. The van der Waals surface area contributed by atoms with Crippen LogP contribution in [0.2, 0.25) is 0 Å². The van der Waals surface area contributed by atoms with E-state index in [1.165, 1.54) is 0 Å². The number of nitrogens with one attached hydrogen (secondary N) is 2. The Balaban J connectivity index is 1.73. The standard InChI is InChI=1S/C27H35N3O4/c1-18(2)14-22(24(31)27(3)17-34-27)29-26(33)23(16-20-12-8-5-9-13-20)30-25(32)21(28)15-19-10-6-4-7-11-19/h4-13,18,21-23H,14-17,28H2,1-3H3,(H,29,33)(H,30,32)/t21-,22-,23-,27+/m0/s1. The minimum Gasteiger partial charge on any atom is -0.361 e. The van der Waals surface area contributed by atoms with Gasteiger partial charge in [0.1, 0.15) is 11.6 Å². The van der Waals surface area contributed by atoms with Gasteiger partial charge in [-0.15, -0.1) is 0 Å². The Morgan fingerprint density at radius 2 is 1.38 bits per heavy atom. The van der Waals surface area contributed by atoms with E-state index in [-0.39, 0.29) is 18.1 Å². The fourth-order valence-electron chi connectivity index (χ4n) is 3.89. The molecule has 0 aromatic heterocycles. The molecule has 0 saturated carbocycles. The first-order chi connectivity index (χ1) is 16.2.